The lowest BCUT2D eigenvalue weighted by Gasteiger charge is -2.10. The van der Waals surface area contributed by atoms with Crippen LogP contribution in [-0.4, -0.2) is 42.8 Å². The highest BCUT2D eigenvalue weighted by molar-refractivity contribution is 7.15. The first-order chi connectivity index (χ1) is 9.43. The monoisotopic (exact) mass is 296 g/mol. The summed E-state index contributed by atoms with van der Waals surface area (Å²) < 4.78 is 1.53. The number of hydrogen-bond donors (Lipinski definition) is 2. The van der Waals surface area contributed by atoms with Gasteiger partial charge >= 0.3 is 5.97 Å². The number of carbonyl (C=O) groups is 1. The second-order valence-corrected chi connectivity index (χ2v) is 5.91. The maximum absolute atomic E-state index is 11.3. The fourth-order valence-corrected chi connectivity index (χ4v) is 2.88. The van der Waals surface area contributed by atoms with Crippen LogP contribution >= 0.6 is 11.3 Å². The summed E-state index contributed by atoms with van der Waals surface area (Å²) in [5, 5.41) is 26.9. The highest BCUT2D eigenvalue weighted by atomic mass is 32.1. The molecule has 1 atom stereocenters. The van der Waals surface area contributed by atoms with Gasteiger partial charge in [-0.3, -0.25) is 0 Å². The van der Waals surface area contributed by atoms with Gasteiger partial charge in [0.05, 0.1) is 15.6 Å². The minimum Gasteiger partial charge on any atom is -0.476 e. The molecule has 0 fully saturated rings. The average molecular weight is 296 g/mol. The van der Waals surface area contributed by atoms with Gasteiger partial charge in [-0.2, -0.15) is 0 Å². The van der Waals surface area contributed by atoms with Gasteiger partial charge < -0.3 is 10.2 Å². The summed E-state index contributed by atoms with van der Waals surface area (Å²) in [6.45, 7) is 5.96. The lowest BCUT2D eigenvalue weighted by molar-refractivity contribution is 0.0691. The number of aliphatic hydroxyl groups excluding tert-OH is 1. The molecule has 0 aliphatic carbocycles. The van der Waals surface area contributed by atoms with E-state index in [4.69, 9.17) is 5.11 Å². The van der Waals surface area contributed by atoms with Crippen molar-refractivity contribution in [1.29, 1.82) is 0 Å². The van der Waals surface area contributed by atoms with Crippen LogP contribution in [0.2, 0.25) is 0 Å². The van der Waals surface area contributed by atoms with Gasteiger partial charge in [-0.25, -0.2) is 14.5 Å². The van der Waals surface area contributed by atoms with E-state index in [-0.39, 0.29) is 18.2 Å². The molecule has 2 aromatic heterocycles. The topological polar surface area (TPSA) is 101 Å². The Hall–Kier alpha value is -1.80. The number of rotatable bonds is 5. The Morgan fingerprint density at radius 1 is 1.45 bits per heavy atom. The van der Waals surface area contributed by atoms with Crippen molar-refractivity contribution < 1.29 is 15.0 Å². The predicted molar refractivity (Wildman–Crippen MR) is 73.8 cm³/mol. The van der Waals surface area contributed by atoms with Crippen molar-refractivity contribution in [2.45, 2.75) is 27.3 Å². The van der Waals surface area contributed by atoms with Crippen molar-refractivity contribution in [3.8, 4) is 10.6 Å². The first-order valence-electron chi connectivity index (χ1n) is 6.16. The molecule has 0 aliphatic heterocycles. The zero-order valence-electron chi connectivity index (χ0n) is 11.5. The molecule has 2 N–H and O–H groups in total. The van der Waals surface area contributed by atoms with Gasteiger partial charge in [0.25, 0.3) is 0 Å². The molecule has 8 heteroatoms. The molecule has 2 heterocycles. The minimum absolute atomic E-state index is 0.00239. The molecule has 7 nitrogen and oxygen atoms in total. The van der Waals surface area contributed by atoms with Gasteiger partial charge in [-0.15, -0.1) is 16.4 Å². The van der Waals surface area contributed by atoms with Crippen LogP contribution in [0.1, 0.15) is 28.1 Å². The average Bonchev–Trinajstić information content (AvgIpc) is 2.92. The largest absolute Gasteiger partial charge is 0.476 e. The number of nitrogens with zero attached hydrogens (tertiary/aromatic N) is 4. The number of thiazole rings is 1. The molecule has 20 heavy (non-hydrogen) atoms. The summed E-state index contributed by atoms with van der Waals surface area (Å²) in [6.07, 6.45) is 0. The van der Waals surface area contributed by atoms with E-state index >= 15 is 0 Å². The fraction of sp³-hybridized carbons (Fsp3) is 0.500. The highest BCUT2D eigenvalue weighted by Crippen LogP contribution is 2.31. The molecule has 0 radical (unpaired) electrons. The third-order valence-corrected chi connectivity index (χ3v) is 3.93. The van der Waals surface area contributed by atoms with Gasteiger partial charge in [-0.05, 0) is 19.8 Å². The van der Waals surface area contributed by atoms with Crippen molar-refractivity contribution in [3.05, 3.63) is 16.4 Å². The maximum Gasteiger partial charge on any atom is 0.358 e. The Bertz CT molecular complexity index is 635. The lowest BCUT2D eigenvalue weighted by atomic mass is 10.2. The number of carboxylic acid groups (broad SMARTS) is 1. The van der Waals surface area contributed by atoms with E-state index in [1.807, 2.05) is 20.8 Å². The van der Waals surface area contributed by atoms with Gasteiger partial charge in [0.1, 0.15) is 5.69 Å². The van der Waals surface area contributed by atoms with E-state index in [2.05, 4.69) is 15.3 Å². The Balaban J connectivity index is 2.55. The summed E-state index contributed by atoms with van der Waals surface area (Å²) in [5.74, 6) is -1.15. The maximum atomic E-state index is 11.3. The number of aromatic carboxylic acids is 1. The van der Waals surface area contributed by atoms with Crippen molar-refractivity contribution in [2.75, 3.05) is 6.61 Å². The second-order valence-electron chi connectivity index (χ2n) is 4.71. The molecule has 0 aliphatic rings. The molecule has 2 rings (SSSR count). The SMILES string of the molecule is Cc1nc(C)c(-c2c(C(=O)O)nnn2CC(C)CO)s1. The Labute approximate surface area is 119 Å². The number of aliphatic hydroxyl groups is 1. The van der Waals surface area contributed by atoms with Gasteiger partial charge in [0, 0.05) is 13.2 Å². The zero-order valence-corrected chi connectivity index (χ0v) is 12.3. The Morgan fingerprint density at radius 3 is 2.65 bits per heavy atom. The fourth-order valence-electron chi connectivity index (χ4n) is 1.91. The van der Waals surface area contributed by atoms with E-state index in [9.17, 15) is 9.90 Å². The third-order valence-electron chi connectivity index (χ3n) is 2.85. The lowest BCUT2D eigenvalue weighted by Crippen LogP contribution is -2.14. The van der Waals surface area contributed by atoms with E-state index in [0.29, 0.717) is 12.2 Å². The van der Waals surface area contributed by atoms with Crippen molar-refractivity contribution in [3.63, 3.8) is 0 Å². The molecule has 0 saturated carbocycles. The zero-order chi connectivity index (χ0) is 14.9. The molecule has 108 valence electrons. The van der Waals surface area contributed by atoms with Gasteiger partial charge in [-0.1, -0.05) is 12.1 Å². The van der Waals surface area contributed by atoms with Crippen LogP contribution in [0.5, 0.6) is 0 Å². The first kappa shape index (κ1) is 14.6. The second kappa shape index (κ2) is 5.68. The molecule has 1 unspecified atom stereocenters. The predicted octanol–water partition coefficient (Wildman–Crippen LogP) is 1.35. The van der Waals surface area contributed by atoms with Gasteiger partial charge in [0.2, 0.25) is 0 Å². The van der Waals surface area contributed by atoms with E-state index in [1.165, 1.54) is 16.0 Å². The van der Waals surface area contributed by atoms with Crippen LogP contribution in [0, 0.1) is 19.8 Å². The van der Waals surface area contributed by atoms with Gasteiger partial charge in [0.15, 0.2) is 5.69 Å². The quantitative estimate of drug-likeness (QED) is 0.863. The Morgan fingerprint density at radius 2 is 2.15 bits per heavy atom. The molecule has 0 saturated heterocycles. The highest BCUT2D eigenvalue weighted by Gasteiger charge is 2.24. The summed E-state index contributed by atoms with van der Waals surface area (Å²) >= 11 is 1.41. The molecule has 0 aromatic carbocycles. The van der Waals surface area contributed by atoms with Crippen molar-refractivity contribution in [2.24, 2.45) is 5.92 Å². The van der Waals surface area contributed by atoms with Crippen LogP contribution in [0.4, 0.5) is 0 Å². The third kappa shape index (κ3) is 2.70. The summed E-state index contributed by atoms with van der Waals surface area (Å²) in [7, 11) is 0. The number of aryl methyl sites for hydroxylation is 2. The number of hydrogen-bond acceptors (Lipinski definition) is 6. The van der Waals surface area contributed by atoms with Crippen LogP contribution < -0.4 is 0 Å². The van der Waals surface area contributed by atoms with E-state index in [1.54, 1.807) is 0 Å². The molecule has 0 spiro atoms. The molecule has 0 bridgehead atoms. The number of carboxylic acids is 1. The standard InChI is InChI=1S/C12H16N4O3S/c1-6(5-17)4-16-10(9(12(18)19)14-15-16)11-7(2)13-8(3)20-11/h6,17H,4-5H2,1-3H3,(H,18,19). The molecule has 0 amide bonds. The van der Waals surface area contributed by atoms with Crippen LogP contribution in [0.25, 0.3) is 10.6 Å². The first-order valence-corrected chi connectivity index (χ1v) is 6.97. The van der Waals surface area contributed by atoms with E-state index in [0.717, 1.165) is 15.6 Å². The molecule has 2 aromatic rings. The van der Waals surface area contributed by atoms with Crippen molar-refractivity contribution >= 4 is 17.3 Å². The van der Waals surface area contributed by atoms with Crippen LogP contribution in [0.3, 0.4) is 0 Å². The summed E-state index contributed by atoms with van der Waals surface area (Å²) in [4.78, 5) is 16.4. The smallest absolute Gasteiger partial charge is 0.358 e. The molecular formula is C12H16N4O3S. The van der Waals surface area contributed by atoms with Crippen molar-refractivity contribution in [1.82, 2.24) is 20.0 Å². The normalized spacial score (nSPS) is 12.6. The summed E-state index contributed by atoms with van der Waals surface area (Å²) in [5.41, 5.74) is 1.14. The Kier molecular flexibility index (Phi) is 4.15. The van der Waals surface area contributed by atoms with Crippen LogP contribution in [-0.2, 0) is 6.54 Å². The van der Waals surface area contributed by atoms with Crippen LogP contribution in [0.15, 0.2) is 0 Å². The number of aromatic nitrogens is 4. The minimum atomic E-state index is -1.12. The van der Waals surface area contributed by atoms with E-state index < -0.39 is 5.97 Å². The summed E-state index contributed by atoms with van der Waals surface area (Å²) in [6, 6.07) is 0. The molecular weight excluding hydrogens is 280 g/mol.